The molecule has 1 unspecified atom stereocenters. The van der Waals surface area contributed by atoms with E-state index in [1.54, 1.807) is 0 Å². The van der Waals surface area contributed by atoms with E-state index in [4.69, 9.17) is 5.73 Å². The standard InChI is InChI=1S/C10H11F2N3O3S/c11-6-1-2-7(9(12)10(6)13)19(17,18)15-5-3-8(16)14-4-5/h1-2,5,15H,3-4,13H2,(H,14,16). The van der Waals surface area contributed by atoms with E-state index in [9.17, 15) is 22.0 Å². The second-order valence-corrected chi connectivity index (χ2v) is 5.78. The third-order valence-corrected chi connectivity index (χ3v) is 4.22. The highest BCUT2D eigenvalue weighted by molar-refractivity contribution is 7.89. The third kappa shape index (κ3) is 2.66. The van der Waals surface area contributed by atoms with Gasteiger partial charge in [0.2, 0.25) is 15.9 Å². The molecule has 1 fully saturated rings. The van der Waals surface area contributed by atoms with Gasteiger partial charge in [-0.1, -0.05) is 0 Å². The molecule has 0 aliphatic carbocycles. The zero-order valence-electron chi connectivity index (χ0n) is 9.61. The van der Waals surface area contributed by atoms with E-state index in [0.29, 0.717) is 0 Å². The Kier molecular flexibility index (Phi) is 3.42. The lowest BCUT2D eigenvalue weighted by Crippen LogP contribution is -2.36. The average molecular weight is 291 g/mol. The van der Waals surface area contributed by atoms with Gasteiger partial charge in [0.05, 0.1) is 0 Å². The summed E-state index contributed by atoms with van der Waals surface area (Å²) in [4.78, 5) is 10.2. The first kappa shape index (κ1) is 13.7. The molecule has 1 aliphatic heterocycles. The number of amides is 1. The van der Waals surface area contributed by atoms with Crippen LogP contribution in [0.1, 0.15) is 6.42 Å². The fourth-order valence-electron chi connectivity index (χ4n) is 1.73. The number of carbonyl (C=O) groups is 1. The predicted molar refractivity (Wildman–Crippen MR) is 62.5 cm³/mol. The number of nitrogen functional groups attached to an aromatic ring is 1. The molecule has 1 heterocycles. The van der Waals surface area contributed by atoms with Gasteiger partial charge in [-0.05, 0) is 12.1 Å². The van der Waals surface area contributed by atoms with Gasteiger partial charge >= 0.3 is 0 Å². The van der Waals surface area contributed by atoms with Crippen LogP contribution in [-0.2, 0) is 14.8 Å². The van der Waals surface area contributed by atoms with Gasteiger partial charge < -0.3 is 11.1 Å². The minimum absolute atomic E-state index is 0.0302. The number of hydrogen-bond donors (Lipinski definition) is 3. The molecule has 9 heteroatoms. The smallest absolute Gasteiger partial charge is 0.243 e. The fraction of sp³-hybridized carbons (Fsp3) is 0.300. The average Bonchev–Trinajstić information content (AvgIpc) is 2.70. The van der Waals surface area contributed by atoms with Gasteiger partial charge in [0, 0.05) is 19.0 Å². The van der Waals surface area contributed by atoms with E-state index in [2.05, 4.69) is 10.0 Å². The van der Waals surface area contributed by atoms with Gasteiger partial charge in [-0.25, -0.2) is 21.9 Å². The second-order valence-electron chi connectivity index (χ2n) is 4.10. The van der Waals surface area contributed by atoms with Crippen molar-refractivity contribution in [1.29, 1.82) is 0 Å². The number of nitrogens with two attached hydrogens (primary N) is 1. The number of sulfonamides is 1. The summed E-state index contributed by atoms with van der Waals surface area (Å²) in [6, 6.07) is 0.890. The second kappa shape index (κ2) is 4.74. The molecule has 19 heavy (non-hydrogen) atoms. The lowest BCUT2D eigenvalue weighted by atomic mass is 10.3. The van der Waals surface area contributed by atoms with Crippen LogP contribution in [0.2, 0.25) is 0 Å². The third-order valence-electron chi connectivity index (χ3n) is 2.68. The zero-order valence-corrected chi connectivity index (χ0v) is 10.4. The Bertz CT molecular complexity index is 633. The molecule has 1 aliphatic rings. The molecule has 1 aromatic carbocycles. The maximum Gasteiger partial charge on any atom is 0.243 e. The van der Waals surface area contributed by atoms with E-state index in [0.717, 1.165) is 12.1 Å². The van der Waals surface area contributed by atoms with Crippen LogP contribution < -0.4 is 15.8 Å². The largest absolute Gasteiger partial charge is 0.394 e. The lowest BCUT2D eigenvalue weighted by Gasteiger charge is -2.12. The molecule has 1 aromatic rings. The van der Waals surface area contributed by atoms with E-state index in [1.807, 2.05) is 0 Å². The summed E-state index contributed by atoms with van der Waals surface area (Å²) in [6.07, 6.45) is -0.0302. The molecule has 0 radical (unpaired) electrons. The molecular formula is C10H11F2N3O3S. The normalized spacial score (nSPS) is 19.5. The Balaban J connectivity index is 2.30. The van der Waals surface area contributed by atoms with Crippen LogP contribution >= 0.6 is 0 Å². The Morgan fingerprint density at radius 1 is 1.37 bits per heavy atom. The molecule has 6 nitrogen and oxygen atoms in total. The van der Waals surface area contributed by atoms with Gasteiger partial charge in [-0.2, -0.15) is 0 Å². The van der Waals surface area contributed by atoms with Crippen molar-refractivity contribution < 1.29 is 22.0 Å². The highest BCUT2D eigenvalue weighted by Gasteiger charge is 2.29. The molecule has 0 aromatic heterocycles. The molecule has 2 rings (SSSR count). The Morgan fingerprint density at radius 3 is 2.63 bits per heavy atom. The minimum atomic E-state index is -4.20. The first-order valence-electron chi connectivity index (χ1n) is 5.34. The van der Waals surface area contributed by atoms with Crippen LogP contribution in [0.3, 0.4) is 0 Å². The Hall–Kier alpha value is -1.74. The zero-order chi connectivity index (χ0) is 14.2. The number of benzene rings is 1. The van der Waals surface area contributed by atoms with Crippen molar-refractivity contribution in [1.82, 2.24) is 10.0 Å². The summed E-state index contributed by atoms with van der Waals surface area (Å²) in [6.45, 7) is 0.121. The van der Waals surface area contributed by atoms with Gasteiger partial charge in [0.1, 0.15) is 16.4 Å². The summed E-state index contributed by atoms with van der Waals surface area (Å²) < 4.78 is 52.6. The van der Waals surface area contributed by atoms with Gasteiger partial charge in [-0.15, -0.1) is 0 Å². The van der Waals surface area contributed by atoms with Crippen molar-refractivity contribution in [3.05, 3.63) is 23.8 Å². The van der Waals surface area contributed by atoms with Crippen LogP contribution in [0.25, 0.3) is 0 Å². The fourth-order valence-corrected chi connectivity index (χ4v) is 3.05. The van der Waals surface area contributed by atoms with Crippen molar-refractivity contribution in [3.63, 3.8) is 0 Å². The maximum atomic E-state index is 13.6. The monoisotopic (exact) mass is 291 g/mol. The van der Waals surface area contributed by atoms with Crippen molar-refractivity contribution in [2.75, 3.05) is 12.3 Å². The number of hydrogen-bond acceptors (Lipinski definition) is 4. The van der Waals surface area contributed by atoms with Crippen LogP contribution in [0, 0.1) is 11.6 Å². The van der Waals surface area contributed by atoms with E-state index in [1.165, 1.54) is 0 Å². The molecular weight excluding hydrogens is 280 g/mol. The van der Waals surface area contributed by atoms with E-state index < -0.39 is 38.3 Å². The van der Waals surface area contributed by atoms with Crippen molar-refractivity contribution in [2.24, 2.45) is 0 Å². The van der Waals surface area contributed by atoms with Gasteiger partial charge in [0.25, 0.3) is 0 Å². The van der Waals surface area contributed by atoms with Gasteiger partial charge in [-0.3, -0.25) is 4.79 Å². The van der Waals surface area contributed by atoms with Crippen LogP contribution in [0.15, 0.2) is 17.0 Å². The summed E-state index contributed by atoms with van der Waals surface area (Å²) in [5.41, 5.74) is 4.24. The number of halogens is 2. The Morgan fingerprint density at radius 2 is 2.05 bits per heavy atom. The van der Waals surface area contributed by atoms with Gasteiger partial charge in [0.15, 0.2) is 5.82 Å². The summed E-state index contributed by atoms with van der Waals surface area (Å²) in [7, 11) is -4.20. The first-order valence-corrected chi connectivity index (χ1v) is 6.82. The molecule has 1 amide bonds. The highest BCUT2D eigenvalue weighted by Crippen LogP contribution is 2.23. The van der Waals surface area contributed by atoms with E-state index >= 15 is 0 Å². The highest BCUT2D eigenvalue weighted by atomic mass is 32.2. The number of rotatable bonds is 3. The molecule has 0 saturated carbocycles. The summed E-state index contributed by atoms with van der Waals surface area (Å²) >= 11 is 0. The summed E-state index contributed by atoms with van der Waals surface area (Å²) in [5.74, 6) is -2.68. The molecule has 0 spiro atoms. The number of nitrogens with one attached hydrogen (secondary N) is 2. The first-order chi connectivity index (χ1) is 8.81. The van der Waals surface area contributed by atoms with Crippen LogP contribution in [0.5, 0.6) is 0 Å². The van der Waals surface area contributed by atoms with Crippen molar-refractivity contribution >= 4 is 21.6 Å². The Labute approximate surface area is 108 Å². The quantitative estimate of drug-likeness (QED) is 0.666. The summed E-state index contributed by atoms with van der Waals surface area (Å²) in [5, 5.41) is 2.43. The minimum Gasteiger partial charge on any atom is -0.394 e. The lowest BCUT2D eigenvalue weighted by molar-refractivity contribution is -0.119. The maximum absolute atomic E-state index is 13.6. The van der Waals surface area contributed by atoms with Crippen molar-refractivity contribution in [3.8, 4) is 0 Å². The molecule has 1 atom stereocenters. The molecule has 104 valence electrons. The number of anilines is 1. The molecule has 1 saturated heterocycles. The molecule has 0 bridgehead atoms. The SMILES string of the molecule is Nc1c(F)ccc(S(=O)(=O)NC2CNC(=O)C2)c1F. The van der Waals surface area contributed by atoms with E-state index in [-0.39, 0.29) is 18.9 Å². The number of carbonyl (C=O) groups excluding carboxylic acids is 1. The topological polar surface area (TPSA) is 101 Å². The molecule has 4 N–H and O–H groups in total. The van der Waals surface area contributed by atoms with Crippen LogP contribution in [-0.4, -0.2) is 26.9 Å². The van der Waals surface area contributed by atoms with Crippen LogP contribution in [0.4, 0.5) is 14.5 Å². The van der Waals surface area contributed by atoms with Crippen molar-refractivity contribution in [2.45, 2.75) is 17.4 Å². The predicted octanol–water partition coefficient (Wildman–Crippen LogP) is -0.286.